The first-order valence-electron chi connectivity index (χ1n) is 17.4. The van der Waals surface area contributed by atoms with Crippen molar-refractivity contribution in [2.24, 2.45) is 0 Å². The Kier molecular flexibility index (Phi) is 12.5. The lowest BCUT2D eigenvalue weighted by Gasteiger charge is -2.38. The van der Waals surface area contributed by atoms with E-state index in [4.69, 9.17) is 4.74 Å². The van der Waals surface area contributed by atoms with Crippen molar-refractivity contribution in [2.75, 3.05) is 37.5 Å². The lowest BCUT2D eigenvalue weighted by atomic mass is 9.84. The largest absolute Gasteiger partial charge is 0.467 e. The summed E-state index contributed by atoms with van der Waals surface area (Å²) in [6.07, 6.45) is 3.49. The highest BCUT2D eigenvalue weighted by Gasteiger charge is 2.42. The van der Waals surface area contributed by atoms with Gasteiger partial charge in [0.2, 0.25) is 0 Å². The monoisotopic (exact) mass is 715 g/mol. The fraction of sp³-hybridized carbons (Fsp3) is 0.256. The molecule has 1 aliphatic heterocycles. The van der Waals surface area contributed by atoms with Crippen LogP contribution in [0.4, 0.5) is 5.69 Å². The number of benzene rings is 5. The van der Waals surface area contributed by atoms with Gasteiger partial charge in [0, 0.05) is 29.1 Å². The van der Waals surface area contributed by atoms with Gasteiger partial charge in [0.05, 0.1) is 11.9 Å². The van der Waals surface area contributed by atoms with E-state index in [0.717, 1.165) is 35.5 Å². The van der Waals surface area contributed by atoms with Crippen molar-refractivity contribution in [3.05, 3.63) is 162 Å². The number of thioether (sulfide) groups is 2. The van der Waals surface area contributed by atoms with Gasteiger partial charge in [0.25, 0.3) is 5.91 Å². The van der Waals surface area contributed by atoms with Crippen LogP contribution < -0.4 is 16.0 Å². The van der Waals surface area contributed by atoms with E-state index in [1.54, 1.807) is 11.8 Å². The minimum atomic E-state index is -0.727. The summed E-state index contributed by atoms with van der Waals surface area (Å²) < 4.78 is 4.62. The minimum absolute atomic E-state index is 0.173. The maximum Gasteiger partial charge on any atom is 0.328 e. The van der Waals surface area contributed by atoms with Crippen molar-refractivity contribution < 1.29 is 14.3 Å². The van der Waals surface area contributed by atoms with Gasteiger partial charge in [-0.05, 0) is 71.3 Å². The molecule has 262 valence electrons. The Morgan fingerprint density at radius 2 is 1.39 bits per heavy atom. The predicted octanol–water partition coefficient (Wildman–Crippen LogP) is 8.25. The first kappa shape index (κ1) is 36.3. The van der Waals surface area contributed by atoms with Gasteiger partial charge in [-0.15, -0.1) is 11.8 Å². The minimum Gasteiger partial charge on any atom is -0.467 e. The lowest BCUT2D eigenvalue weighted by molar-refractivity contribution is -0.142. The summed E-state index contributed by atoms with van der Waals surface area (Å²) >= 11 is 3.64. The fourth-order valence-corrected chi connectivity index (χ4v) is 9.17. The maximum atomic E-state index is 13.9. The molecular weight excluding hydrogens is 671 g/mol. The number of ether oxygens (including phenoxy) is 1. The number of esters is 1. The summed E-state index contributed by atoms with van der Waals surface area (Å²) in [7, 11) is 1.35. The van der Waals surface area contributed by atoms with Gasteiger partial charge in [-0.25, -0.2) is 4.79 Å². The molecule has 1 saturated heterocycles. The van der Waals surface area contributed by atoms with E-state index in [0.29, 0.717) is 23.8 Å². The van der Waals surface area contributed by atoms with Crippen LogP contribution in [0.15, 0.2) is 140 Å². The third-order valence-electron chi connectivity index (χ3n) is 9.43. The zero-order chi connectivity index (χ0) is 35.5. The second kappa shape index (κ2) is 17.6. The number of methoxy groups -OCH3 is 1. The molecule has 0 bridgehead atoms. The van der Waals surface area contributed by atoms with Crippen LogP contribution >= 0.6 is 23.5 Å². The molecule has 51 heavy (non-hydrogen) atoms. The number of rotatable bonds is 15. The summed E-state index contributed by atoms with van der Waals surface area (Å²) in [6, 6.07) is 47.7. The number of nitrogens with one attached hydrogen (secondary N) is 3. The molecule has 1 amide bonds. The van der Waals surface area contributed by atoms with Crippen LogP contribution in [-0.2, 0) is 14.3 Å². The number of anilines is 1. The Bertz CT molecular complexity index is 1760. The Hall–Kier alpha value is -4.50. The molecule has 0 saturated carbocycles. The van der Waals surface area contributed by atoms with E-state index in [-0.39, 0.29) is 11.9 Å². The van der Waals surface area contributed by atoms with Gasteiger partial charge in [0.1, 0.15) is 6.04 Å². The van der Waals surface area contributed by atoms with Gasteiger partial charge >= 0.3 is 5.97 Å². The summed E-state index contributed by atoms with van der Waals surface area (Å²) in [5.74, 6) is -0.0258. The summed E-state index contributed by atoms with van der Waals surface area (Å²) in [4.78, 5) is 26.5. The average molecular weight is 716 g/mol. The van der Waals surface area contributed by atoms with E-state index in [2.05, 4.69) is 107 Å². The van der Waals surface area contributed by atoms with Crippen LogP contribution in [-0.4, -0.2) is 61.4 Å². The molecule has 0 spiro atoms. The molecule has 0 aromatic heterocycles. The van der Waals surface area contributed by atoms with Crippen LogP contribution in [0.5, 0.6) is 0 Å². The van der Waals surface area contributed by atoms with E-state index in [9.17, 15) is 9.59 Å². The summed E-state index contributed by atoms with van der Waals surface area (Å²) in [5, 5.41) is 10.7. The quantitative estimate of drug-likeness (QED) is 0.0745. The van der Waals surface area contributed by atoms with E-state index < -0.39 is 16.8 Å². The molecule has 5 aromatic rings. The smallest absolute Gasteiger partial charge is 0.328 e. The van der Waals surface area contributed by atoms with Crippen LogP contribution in [0.2, 0.25) is 0 Å². The molecule has 1 heterocycles. The zero-order valence-corrected chi connectivity index (χ0v) is 30.7. The highest BCUT2D eigenvalue weighted by molar-refractivity contribution is 8.01. The average Bonchev–Trinajstić information content (AvgIpc) is 3.65. The summed E-state index contributed by atoms with van der Waals surface area (Å²) in [6.45, 7) is 1.60. The van der Waals surface area contributed by atoms with Gasteiger partial charge in [-0.1, -0.05) is 127 Å². The van der Waals surface area contributed by atoms with E-state index in [1.807, 2.05) is 66.5 Å². The van der Waals surface area contributed by atoms with Gasteiger partial charge in [-0.2, -0.15) is 11.8 Å². The van der Waals surface area contributed by atoms with Crippen molar-refractivity contribution >= 4 is 41.1 Å². The first-order chi connectivity index (χ1) is 25.0. The van der Waals surface area contributed by atoms with Crippen molar-refractivity contribution in [2.45, 2.75) is 34.9 Å². The van der Waals surface area contributed by atoms with Gasteiger partial charge in [-0.3, -0.25) is 4.79 Å². The maximum absolute atomic E-state index is 13.9. The molecule has 0 aliphatic carbocycles. The molecule has 6 rings (SSSR count). The predicted molar refractivity (Wildman–Crippen MR) is 214 cm³/mol. The van der Waals surface area contributed by atoms with Crippen molar-refractivity contribution in [3.8, 4) is 11.1 Å². The standard InChI is InChI=1S/C43H45N3O3S2/c1-49-42(48)38(26-28-50-2)46-41(47)37-29-35(23-24-36(37)31-15-7-3-8-16-31)45-30-39-40(25-27-44-39)51-43(32-17-9-4-10-18-32,33-19-11-5-12-20-33)34-21-13-6-14-22-34/h3-24,29,38-40,44-45H,25-28,30H2,1-2H3,(H,46,47)/t38-,39-,40+/m0/s1. The number of hydrogen-bond acceptors (Lipinski definition) is 7. The second-order valence-corrected chi connectivity index (χ2v) is 15.1. The molecular formula is C43H45N3O3S2. The molecule has 0 unspecified atom stereocenters. The zero-order valence-electron chi connectivity index (χ0n) is 29.1. The third kappa shape index (κ3) is 8.52. The van der Waals surface area contributed by atoms with Crippen molar-refractivity contribution in [1.82, 2.24) is 10.6 Å². The van der Waals surface area contributed by atoms with Crippen LogP contribution in [0.3, 0.4) is 0 Å². The Morgan fingerprint density at radius 3 is 1.94 bits per heavy atom. The SMILES string of the molecule is COC(=O)[C@H](CCSC)NC(=O)c1cc(NC[C@@H]2NCC[C@H]2SC(c2ccccc2)(c2ccccc2)c2ccccc2)ccc1-c1ccccc1. The van der Waals surface area contributed by atoms with Gasteiger partial charge in [0.15, 0.2) is 0 Å². The Labute approximate surface area is 310 Å². The number of carbonyl (C=O) groups is 2. The molecule has 8 heteroatoms. The van der Waals surface area contributed by atoms with Crippen molar-refractivity contribution in [3.63, 3.8) is 0 Å². The van der Waals surface area contributed by atoms with E-state index >= 15 is 0 Å². The van der Waals surface area contributed by atoms with Crippen LogP contribution in [0.25, 0.3) is 11.1 Å². The van der Waals surface area contributed by atoms with Crippen LogP contribution in [0.1, 0.15) is 39.9 Å². The number of carbonyl (C=O) groups excluding carboxylic acids is 2. The third-order valence-corrected chi connectivity index (χ3v) is 12.0. The van der Waals surface area contributed by atoms with Crippen molar-refractivity contribution in [1.29, 1.82) is 0 Å². The molecule has 1 aliphatic rings. The number of amides is 1. The number of hydrogen-bond donors (Lipinski definition) is 3. The highest BCUT2D eigenvalue weighted by Crippen LogP contribution is 2.51. The van der Waals surface area contributed by atoms with E-state index in [1.165, 1.54) is 23.8 Å². The second-order valence-electron chi connectivity index (χ2n) is 12.6. The molecule has 6 nitrogen and oxygen atoms in total. The van der Waals surface area contributed by atoms with Gasteiger partial charge < -0.3 is 20.7 Å². The summed E-state index contributed by atoms with van der Waals surface area (Å²) in [5.41, 5.74) is 6.84. The fourth-order valence-electron chi connectivity index (χ4n) is 6.84. The van der Waals surface area contributed by atoms with Crippen LogP contribution in [0, 0.1) is 0 Å². The molecule has 3 atom stereocenters. The molecule has 0 radical (unpaired) electrons. The molecule has 5 aromatic carbocycles. The first-order valence-corrected chi connectivity index (χ1v) is 19.7. The molecule has 1 fully saturated rings. The normalized spacial score (nSPS) is 16.3. The topological polar surface area (TPSA) is 79.5 Å². The highest BCUT2D eigenvalue weighted by atomic mass is 32.2. The molecule has 3 N–H and O–H groups in total. The lowest BCUT2D eigenvalue weighted by Crippen LogP contribution is -2.42. The Balaban J connectivity index is 1.28. The Morgan fingerprint density at radius 1 is 0.824 bits per heavy atom.